The quantitative estimate of drug-likeness (QED) is 0.454. The van der Waals surface area contributed by atoms with Crippen molar-refractivity contribution in [1.29, 1.82) is 5.41 Å². The van der Waals surface area contributed by atoms with E-state index >= 15 is 0 Å². The second-order valence-electron chi connectivity index (χ2n) is 6.97. The molecule has 10 heteroatoms. The fourth-order valence-corrected chi connectivity index (χ4v) is 3.12. The standard InChI is InChI=1S/C20H22N6O4/c1-2-3-12(19(29)30)8-15(27)11-4-6-13(7-5-11)22-9-14-10-23-17-16(24-14)18(28)26-20(21)25-17/h4-7,10,12,16,22H,2-3,8-9H2,1H3,(H,29,30)(H2,21,26,28)/t12-,16?/m1/s1. The second-order valence-corrected chi connectivity index (χ2v) is 6.97. The number of nitrogens with zero attached hydrogens (tertiary/aromatic N) is 3. The highest BCUT2D eigenvalue weighted by Crippen LogP contribution is 2.17. The topological polar surface area (TPSA) is 156 Å². The molecule has 1 aromatic rings. The summed E-state index contributed by atoms with van der Waals surface area (Å²) in [6, 6.07) is 5.90. The summed E-state index contributed by atoms with van der Waals surface area (Å²) in [6.07, 6.45) is 2.65. The highest BCUT2D eigenvalue weighted by atomic mass is 16.4. The van der Waals surface area contributed by atoms with E-state index in [0.29, 0.717) is 30.7 Å². The maximum Gasteiger partial charge on any atom is 0.306 e. The lowest BCUT2D eigenvalue weighted by atomic mass is 9.94. The van der Waals surface area contributed by atoms with E-state index in [4.69, 9.17) is 5.41 Å². The number of carbonyl (C=O) groups is 3. The Labute approximate surface area is 172 Å². The van der Waals surface area contributed by atoms with Crippen molar-refractivity contribution in [3.8, 4) is 0 Å². The largest absolute Gasteiger partial charge is 0.481 e. The van der Waals surface area contributed by atoms with Crippen molar-refractivity contribution in [2.24, 2.45) is 20.9 Å². The van der Waals surface area contributed by atoms with Crippen molar-refractivity contribution in [2.45, 2.75) is 32.2 Å². The van der Waals surface area contributed by atoms with E-state index in [1.807, 2.05) is 6.92 Å². The van der Waals surface area contributed by atoms with E-state index in [1.165, 1.54) is 6.21 Å². The maximum absolute atomic E-state index is 12.4. The van der Waals surface area contributed by atoms with Gasteiger partial charge in [-0.2, -0.15) is 4.99 Å². The molecule has 0 radical (unpaired) electrons. The minimum Gasteiger partial charge on any atom is -0.481 e. The summed E-state index contributed by atoms with van der Waals surface area (Å²) in [6.45, 7) is 2.20. The van der Waals surface area contributed by atoms with Gasteiger partial charge in [0.1, 0.15) is 0 Å². The Morgan fingerprint density at radius 1 is 1.30 bits per heavy atom. The minimum atomic E-state index is -0.949. The van der Waals surface area contributed by atoms with Gasteiger partial charge >= 0.3 is 5.97 Å². The van der Waals surface area contributed by atoms with Crippen LogP contribution in [0.3, 0.4) is 0 Å². The minimum absolute atomic E-state index is 0.0198. The fourth-order valence-electron chi connectivity index (χ4n) is 3.12. The molecule has 0 aromatic heterocycles. The molecule has 0 aliphatic carbocycles. The molecule has 30 heavy (non-hydrogen) atoms. The Bertz CT molecular complexity index is 964. The van der Waals surface area contributed by atoms with E-state index in [0.717, 1.165) is 5.69 Å². The molecular formula is C20H22N6O4. The van der Waals surface area contributed by atoms with Gasteiger partial charge in [0, 0.05) is 17.7 Å². The van der Waals surface area contributed by atoms with Gasteiger partial charge in [-0.3, -0.25) is 30.1 Å². The third-order valence-electron chi connectivity index (χ3n) is 4.70. The number of aliphatic carboxylic acids is 1. The number of Topliss-reactive ketones (excluding diaryl/α,β-unsaturated/α-hetero) is 1. The number of nitrogens with one attached hydrogen (secondary N) is 3. The molecule has 0 saturated carbocycles. The summed E-state index contributed by atoms with van der Waals surface area (Å²) in [5.74, 6) is -2.32. The predicted molar refractivity (Wildman–Crippen MR) is 113 cm³/mol. The van der Waals surface area contributed by atoms with Crippen molar-refractivity contribution < 1.29 is 19.5 Å². The molecule has 2 aliphatic heterocycles. The Hall–Kier alpha value is -3.69. The predicted octanol–water partition coefficient (Wildman–Crippen LogP) is 1.53. The zero-order valence-electron chi connectivity index (χ0n) is 16.4. The molecule has 10 nitrogen and oxygen atoms in total. The van der Waals surface area contributed by atoms with Crippen molar-refractivity contribution in [2.75, 3.05) is 11.9 Å². The molecule has 4 N–H and O–H groups in total. The Balaban J connectivity index is 1.58. The van der Waals surface area contributed by atoms with Gasteiger partial charge in [0.05, 0.1) is 24.4 Å². The van der Waals surface area contributed by atoms with Crippen LogP contribution in [0.4, 0.5) is 5.69 Å². The van der Waals surface area contributed by atoms with Gasteiger partial charge in [-0.15, -0.1) is 0 Å². The van der Waals surface area contributed by atoms with Crippen LogP contribution in [0.15, 0.2) is 39.2 Å². The lowest BCUT2D eigenvalue weighted by Gasteiger charge is -2.21. The third-order valence-corrected chi connectivity index (χ3v) is 4.70. The number of carboxylic acids is 1. The molecule has 3 rings (SSSR count). The van der Waals surface area contributed by atoms with Gasteiger partial charge in [0.2, 0.25) is 5.96 Å². The van der Waals surface area contributed by atoms with Gasteiger partial charge in [-0.1, -0.05) is 13.3 Å². The van der Waals surface area contributed by atoms with E-state index in [-0.39, 0.29) is 24.0 Å². The fraction of sp³-hybridized carbons (Fsp3) is 0.350. The van der Waals surface area contributed by atoms with Crippen LogP contribution in [0, 0.1) is 11.3 Å². The smallest absolute Gasteiger partial charge is 0.306 e. The van der Waals surface area contributed by atoms with Gasteiger partial charge in [0.15, 0.2) is 17.7 Å². The number of anilines is 1. The van der Waals surface area contributed by atoms with Crippen LogP contribution >= 0.6 is 0 Å². The van der Waals surface area contributed by atoms with Crippen LogP contribution in [0.2, 0.25) is 0 Å². The van der Waals surface area contributed by atoms with Gasteiger partial charge in [-0.05, 0) is 30.7 Å². The Morgan fingerprint density at radius 3 is 2.70 bits per heavy atom. The average Bonchev–Trinajstić information content (AvgIpc) is 2.72. The molecule has 1 unspecified atom stereocenters. The summed E-state index contributed by atoms with van der Waals surface area (Å²) in [5.41, 5.74) is 1.74. The molecule has 1 amide bonds. The van der Waals surface area contributed by atoms with E-state index < -0.39 is 23.8 Å². The van der Waals surface area contributed by atoms with Crippen molar-refractivity contribution >= 4 is 47.1 Å². The molecule has 0 saturated heterocycles. The first-order valence-electron chi connectivity index (χ1n) is 9.56. The van der Waals surface area contributed by atoms with Gasteiger partial charge in [0.25, 0.3) is 5.91 Å². The monoisotopic (exact) mass is 410 g/mol. The van der Waals surface area contributed by atoms with Crippen LogP contribution in [0.25, 0.3) is 0 Å². The van der Waals surface area contributed by atoms with Crippen molar-refractivity contribution in [3.05, 3.63) is 29.8 Å². The van der Waals surface area contributed by atoms with Gasteiger partial charge in [-0.25, -0.2) is 4.99 Å². The number of aliphatic imine (C=N–C) groups is 3. The first kappa shape index (κ1) is 21.0. The summed E-state index contributed by atoms with van der Waals surface area (Å²) in [4.78, 5) is 47.8. The average molecular weight is 410 g/mol. The molecule has 1 aromatic carbocycles. The molecule has 0 spiro atoms. The van der Waals surface area contributed by atoms with Crippen molar-refractivity contribution in [1.82, 2.24) is 5.32 Å². The highest BCUT2D eigenvalue weighted by Gasteiger charge is 2.31. The van der Waals surface area contributed by atoms with E-state index in [1.54, 1.807) is 24.3 Å². The summed E-state index contributed by atoms with van der Waals surface area (Å²) >= 11 is 0. The summed E-state index contributed by atoms with van der Waals surface area (Å²) in [5, 5.41) is 22.1. The Morgan fingerprint density at radius 2 is 2.03 bits per heavy atom. The molecule has 2 heterocycles. The van der Waals surface area contributed by atoms with Crippen molar-refractivity contribution in [3.63, 3.8) is 0 Å². The number of fused-ring (bicyclic) bond motifs is 1. The summed E-state index contributed by atoms with van der Waals surface area (Å²) < 4.78 is 0. The second kappa shape index (κ2) is 9.21. The number of hydrogen-bond acceptors (Lipinski definition) is 7. The SMILES string of the molecule is CCC[C@H](CC(=O)c1ccc(NCC2=NC3C(=O)NC(=N)N=C3N=C2)cc1)C(=O)O. The number of carbonyl (C=O) groups excluding carboxylic acids is 2. The number of amides is 1. The first-order chi connectivity index (χ1) is 14.4. The zero-order valence-corrected chi connectivity index (χ0v) is 16.4. The van der Waals surface area contributed by atoms with Gasteiger partial charge < -0.3 is 10.4 Å². The Kier molecular flexibility index (Phi) is 6.45. The number of ketones is 1. The van der Waals surface area contributed by atoms with E-state index in [9.17, 15) is 19.5 Å². The third kappa shape index (κ3) is 5.02. The normalized spacial score (nSPS) is 18.6. The van der Waals surface area contributed by atoms with Crippen LogP contribution in [0.1, 0.15) is 36.5 Å². The highest BCUT2D eigenvalue weighted by molar-refractivity contribution is 6.38. The maximum atomic E-state index is 12.4. The molecule has 2 aliphatic rings. The lowest BCUT2D eigenvalue weighted by Crippen LogP contribution is -2.47. The van der Waals surface area contributed by atoms with Crippen LogP contribution < -0.4 is 10.6 Å². The molecule has 0 fully saturated rings. The number of rotatable bonds is 9. The lowest BCUT2D eigenvalue weighted by molar-refractivity contribution is -0.141. The molecule has 156 valence electrons. The number of guanidine groups is 1. The molecular weight excluding hydrogens is 388 g/mol. The summed E-state index contributed by atoms with van der Waals surface area (Å²) in [7, 11) is 0. The molecule has 0 bridgehead atoms. The molecule has 2 atom stereocenters. The van der Waals surface area contributed by atoms with Crippen LogP contribution in [-0.2, 0) is 9.59 Å². The first-order valence-corrected chi connectivity index (χ1v) is 9.56. The zero-order chi connectivity index (χ0) is 21.7. The number of hydrogen-bond donors (Lipinski definition) is 4. The van der Waals surface area contributed by atoms with Crippen LogP contribution in [-0.4, -0.2) is 59.1 Å². The van der Waals surface area contributed by atoms with Crippen LogP contribution in [0.5, 0.6) is 0 Å². The number of amidine groups is 1. The number of benzene rings is 1. The van der Waals surface area contributed by atoms with E-state index in [2.05, 4.69) is 25.6 Å². The number of carboxylic acid groups (broad SMARTS) is 1.